The van der Waals surface area contributed by atoms with Crippen LogP contribution < -0.4 is 18.9 Å². The Morgan fingerprint density at radius 2 is 1.09 bits per heavy atom. The van der Waals surface area contributed by atoms with Crippen molar-refractivity contribution in [3.8, 4) is 23.0 Å². The number of hydrogen-bond acceptors (Lipinski definition) is 10. The van der Waals surface area contributed by atoms with E-state index in [1.54, 1.807) is 50.2 Å². The van der Waals surface area contributed by atoms with Crippen LogP contribution >= 0.6 is 23.5 Å². The molecule has 0 bridgehead atoms. The van der Waals surface area contributed by atoms with Crippen molar-refractivity contribution in [1.29, 1.82) is 0 Å². The number of thioether (sulfide) groups is 2. The summed E-state index contributed by atoms with van der Waals surface area (Å²) in [6, 6.07) is 18.5. The lowest BCUT2D eigenvalue weighted by atomic mass is 10.2. The van der Waals surface area contributed by atoms with E-state index in [0.717, 1.165) is 34.1 Å². The Morgan fingerprint density at radius 1 is 0.636 bits per heavy atom. The zero-order valence-corrected chi connectivity index (χ0v) is 30.9. The molecule has 0 unspecified atom stereocenters. The maximum absolute atomic E-state index is 13.0. The van der Waals surface area contributed by atoms with Gasteiger partial charge in [0.05, 0.1) is 17.2 Å². The summed E-state index contributed by atoms with van der Waals surface area (Å²) in [5, 5.41) is 19.2. The number of rotatable bonds is 19. The highest BCUT2D eigenvalue weighted by Crippen LogP contribution is 2.32. The molecule has 2 N–H and O–H groups in total. The van der Waals surface area contributed by atoms with Crippen molar-refractivity contribution in [2.45, 2.75) is 48.2 Å². The topological polar surface area (TPSA) is 121 Å². The molecule has 0 aliphatic rings. The van der Waals surface area contributed by atoms with Gasteiger partial charge in [0.15, 0.2) is 13.2 Å². The van der Waals surface area contributed by atoms with E-state index >= 15 is 0 Å². The number of halogens is 6. The molecule has 0 saturated heterocycles. The lowest BCUT2D eigenvalue weighted by Crippen LogP contribution is -2.30. The average Bonchev–Trinajstić information content (AvgIpc) is 3.13. The third kappa shape index (κ3) is 14.4. The van der Waals surface area contributed by atoms with Crippen LogP contribution in [0, 0.1) is 13.8 Å². The Kier molecular flexibility index (Phi) is 15.4. The molecule has 0 aliphatic carbocycles. The molecule has 0 aromatic heterocycles. The largest absolute Gasteiger partial charge is 0.491 e. The van der Waals surface area contributed by atoms with Crippen LogP contribution in [0.4, 0.5) is 26.3 Å². The van der Waals surface area contributed by atoms with Gasteiger partial charge in [-0.3, -0.25) is 0 Å². The third-order valence-electron chi connectivity index (χ3n) is 7.41. The van der Waals surface area contributed by atoms with Crippen LogP contribution in [0.15, 0.2) is 94.7 Å². The normalized spacial score (nSPS) is 12.7. The minimum atomic E-state index is -4.52. The number of alkyl halides is 6. The predicted octanol–water partition coefficient (Wildman–Crippen LogP) is 8.50. The summed E-state index contributed by atoms with van der Waals surface area (Å²) in [6.07, 6.45) is -10.8. The van der Waals surface area contributed by atoms with Crippen LogP contribution in [0.25, 0.3) is 0 Å². The van der Waals surface area contributed by atoms with E-state index in [1.165, 1.54) is 47.8 Å². The summed E-state index contributed by atoms with van der Waals surface area (Å²) in [5.74, 6) is -0.332. The number of ether oxygens (including phenoxy) is 5. The Hall–Kier alpha value is -4.74. The van der Waals surface area contributed by atoms with Crippen molar-refractivity contribution in [1.82, 2.24) is 0 Å². The van der Waals surface area contributed by atoms with Gasteiger partial charge < -0.3 is 33.9 Å². The fraction of sp³-hybridized carbons (Fsp3) is 0.316. The number of aliphatic carboxylic acids is 1. The number of esters is 1. The standard InChI is InChI=1S/C38H36F6O9S2/c1-23-16-32(12-13-33(23)51-19-35(46)47)55-22-30(18-50-29-9-5-26(6-10-29)38(42,43)44)53-36(48)20-52-34-14-11-31(15-24(34)2)54-21-27(45)17-49-28-7-3-25(4-8-28)37(39,40)41/h3-16,27,30,45H,17-22H2,1-2H3,(H,46,47)/t27-,30-/m1/s1. The van der Waals surface area contributed by atoms with E-state index in [9.17, 15) is 41.0 Å². The van der Waals surface area contributed by atoms with Crippen molar-refractivity contribution in [3.63, 3.8) is 0 Å². The number of aliphatic hydroxyl groups excluding tert-OH is 1. The van der Waals surface area contributed by atoms with Gasteiger partial charge in [-0.1, -0.05) is 0 Å². The molecule has 2 atom stereocenters. The molecular weight excluding hydrogens is 779 g/mol. The molecule has 0 heterocycles. The number of carboxylic acids is 1. The average molecular weight is 815 g/mol. The highest BCUT2D eigenvalue weighted by molar-refractivity contribution is 7.99. The Balaban J connectivity index is 1.29. The first kappa shape index (κ1) is 43.0. The van der Waals surface area contributed by atoms with Crippen LogP contribution in [-0.4, -0.2) is 72.3 Å². The molecule has 0 aliphatic heterocycles. The SMILES string of the molecule is Cc1cc(SC[C@@H](COc2ccc(C(F)(F)F)cc2)OC(=O)COc2ccc(SC[C@H](O)COc3ccc(C(F)(F)F)cc3)cc2C)ccc1OCC(=O)O. The van der Waals surface area contributed by atoms with Gasteiger partial charge in [-0.25, -0.2) is 9.59 Å². The summed E-state index contributed by atoms with van der Waals surface area (Å²) >= 11 is 2.61. The van der Waals surface area contributed by atoms with Crippen molar-refractivity contribution in [2.24, 2.45) is 0 Å². The van der Waals surface area contributed by atoms with Gasteiger partial charge >= 0.3 is 24.3 Å². The quantitative estimate of drug-likeness (QED) is 0.0539. The third-order valence-corrected chi connectivity index (χ3v) is 9.67. The van der Waals surface area contributed by atoms with Crippen molar-refractivity contribution >= 4 is 35.5 Å². The van der Waals surface area contributed by atoms with Gasteiger partial charge in [0.1, 0.15) is 42.3 Å². The van der Waals surface area contributed by atoms with Gasteiger partial charge in [-0.15, -0.1) is 23.5 Å². The molecule has 0 amide bonds. The number of carbonyl (C=O) groups is 2. The summed E-state index contributed by atoms with van der Waals surface area (Å²) in [5.41, 5.74) is -0.291. The molecule has 0 spiro atoms. The fourth-order valence-corrected chi connectivity index (χ4v) is 6.52. The Morgan fingerprint density at radius 3 is 1.55 bits per heavy atom. The lowest BCUT2D eigenvalue weighted by Gasteiger charge is -2.19. The van der Waals surface area contributed by atoms with Crippen molar-refractivity contribution < 1.29 is 69.8 Å². The molecule has 0 radical (unpaired) electrons. The zero-order valence-electron chi connectivity index (χ0n) is 29.3. The smallest absolute Gasteiger partial charge is 0.416 e. The van der Waals surface area contributed by atoms with E-state index in [-0.39, 0.29) is 36.2 Å². The van der Waals surface area contributed by atoms with E-state index in [0.29, 0.717) is 22.6 Å². The van der Waals surface area contributed by atoms with E-state index in [4.69, 9.17) is 28.8 Å². The van der Waals surface area contributed by atoms with Gasteiger partial charge in [-0.05, 0) is 110 Å². The zero-order chi connectivity index (χ0) is 40.2. The van der Waals surface area contributed by atoms with Crippen LogP contribution in [0.1, 0.15) is 22.3 Å². The predicted molar refractivity (Wildman–Crippen MR) is 192 cm³/mol. The fourth-order valence-electron chi connectivity index (χ4n) is 4.65. The molecule has 4 rings (SSSR count). The number of aryl methyl sites for hydroxylation is 2. The number of hydrogen-bond donors (Lipinski definition) is 2. The second kappa shape index (κ2) is 19.7. The molecule has 0 saturated carbocycles. The minimum absolute atomic E-state index is 0.134. The molecule has 55 heavy (non-hydrogen) atoms. The molecule has 4 aromatic rings. The number of benzene rings is 4. The summed E-state index contributed by atoms with van der Waals surface area (Å²) in [7, 11) is 0. The molecule has 9 nitrogen and oxygen atoms in total. The maximum atomic E-state index is 13.0. The first-order valence-corrected chi connectivity index (χ1v) is 18.4. The monoisotopic (exact) mass is 814 g/mol. The highest BCUT2D eigenvalue weighted by atomic mass is 32.2. The summed E-state index contributed by atoms with van der Waals surface area (Å²) in [4.78, 5) is 25.3. The second-order valence-corrected chi connectivity index (χ2v) is 14.1. The molecular formula is C38H36F6O9S2. The van der Waals surface area contributed by atoms with Gasteiger partial charge in [0.2, 0.25) is 0 Å². The molecule has 4 aromatic carbocycles. The second-order valence-electron chi connectivity index (χ2n) is 11.9. The van der Waals surface area contributed by atoms with Crippen LogP contribution in [-0.2, 0) is 26.7 Å². The van der Waals surface area contributed by atoms with E-state index < -0.39 is 60.8 Å². The Bertz CT molecular complexity index is 1870. The van der Waals surface area contributed by atoms with E-state index in [1.807, 2.05) is 0 Å². The van der Waals surface area contributed by atoms with Gasteiger partial charge in [0, 0.05) is 21.3 Å². The number of carbonyl (C=O) groups excluding carboxylic acids is 1. The van der Waals surface area contributed by atoms with Gasteiger partial charge in [0.25, 0.3) is 0 Å². The summed E-state index contributed by atoms with van der Waals surface area (Å²) in [6.45, 7) is 2.21. The molecule has 0 fully saturated rings. The number of aliphatic hydroxyl groups is 1. The van der Waals surface area contributed by atoms with E-state index in [2.05, 4.69) is 0 Å². The van der Waals surface area contributed by atoms with Crippen LogP contribution in [0.3, 0.4) is 0 Å². The molecule has 17 heteroatoms. The molecule has 296 valence electrons. The number of carboxylic acid groups (broad SMARTS) is 1. The first-order valence-electron chi connectivity index (χ1n) is 16.4. The lowest BCUT2D eigenvalue weighted by molar-refractivity contribution is -0.151. The van der Waals surface area contributed by atoms with Crippen molar-refractivity contribution in [3.05, 3.63) is 107 Å². The maximum Gasteiger partial charge on any atom is 0.416 e. The first-order chi connectivity index (χ1) is 26.0. The van der Waals surface area contributed by atoms with Crippen LogP contribution in [0.2, 0.25) is 0 Å². The van der Waals surface area contributed by atoms with Crippen molar-refractivity contribution in [2.75, 3.05) is 37.9 Å². The van der Waals surface area contributed by atoms with Gasteiger partial charge in [-0.2, -0.15) is 26.3 Å². The Labute approximate surface area is 320 Å². The summed E-state index contributed by atoms with van der Waals surface area (Å²) < 4.78 is 105. The minimum Gasteiger partial charge on any atom is -0.491 e. The highest BCUT2D eigenvalue weighted by Gasteiger charge is 2.31. The van der Waals surface area contributed by atoms with Crippen LogP contribution in [0.5, 0.6) is 23.0 Å².